The van der Waals surface area contributed by atoms with Gasteiger partial charge in [0.1, 0.15) is 0 Å². The Morgan fingerprint density at radius 1 is 0.931 bits per heavy atom. The van der Waals surface area contributed by atoms with E-state index in [2.05, 4.69) is 17.5 Å². The molecule has 7 heteroatoms. The van der Waals surface area contributed by atoms with E-state index in [1.54, 1.807) is 42.5 Å². The van der Waals surface area contributed by atoms with Crippen LogP contribution in [0.25, 0.3) is 0 Å². The van der Waals surface area contributed by atoms with Crippen molar-refractivity contribution in [1.82, 2.24) is 0 Å². The third-order valence-electron chi connectivity index (χ3n) is 6.06. The van der Waals surface area contributed by atoms with Gasteiger partial charge in [-0.05, 0) is 54.7 Å². The zero-order valence-electron chi connectivity index (χ0n) is 15.1. The molecule has 2 aromatic carbocycles. The summed E-state index contributed by atoms with van der Waals surface area (Å²) in [5.74, 6) is -0.799. The van der Waals surface area contributed by atoms with E-state index in [9.17, 15) is 14.4 Å². The first-order valence-electron chi connectivity index (χ1n) is 9.37. The van der Waals surface area contributed by atoms with Crippen molar-refractivity contribution in [2.75, 3.05) is 10.2 Å². The molecule has 5 nitrogen and oxygen atoms in total. The van der Waals surface area contributed by atoms with Gasteiger partial charge in [0, 0.05) is 5.56 Å². The Kier molecular flexibility index (Phi) is 4.26. The summed E-state index contributed by atoms with van der Waals surface area (Å²) in [6.07, 6.45) is 5.02. The van der Waals surface area contributed by atoms with E-state index in [0.29, 0.717) is 22.0 Å². The second-order valence-electron chi connectivity index (χ2n) is 7.61. The van der Waals surface area contributed by atoms with Crippen LogP contribution >= 0.6 is 23.2 Å². The molecule has 2 aromatic rings. The van der Waals surface area contributed by atoms with Crippen LogP contribution in [0.2, 0.25) is 10.0 Å². The average molecular weight is 427 g/mol. The number of rotatable bonds is 3. The summed E-state index contributed by atoms with van der Waals surface area (Å²) in [4.78, 5) is 39.6. The summed E-state index contributed by atoms with van der Waals surface area (Å²) in [7, 11) is 0. The molecule has 3 amide bonds. The van der Waals surface area contributed by atoms with Gasteiger partial charge in [0.15, 0.2) is 0 Å². The molecular formula is C22H16Cl2N2O3. The second kappa shape index (κ2) is 6.71. The van der Waals surface area contributed by atoms with Gasteiger partial charge in [0.25, 0.3) is 5.91 Å². The highest BCUT2D eigenvalue weighted by molar-refractivity contribution is 6.44. The third-order valence-corrected chi connectivity index (χ3v) is 6.88. The molecule has 1 aliphatic heterocycles. The smallest absolute Gasteiger partial charge is 0.255 e. The minimum Gasteiger partial charge on any atom is -0.321 e. The number of imide groups is 1. The molecule has 1 saturated carbocycles. The number of carbonyl (C=O) groups excluding carboxylic acids is 3. The van der Waals surface area contributed by atoms with Crippen LogP contribution in [0.15, 0.2) is 54.6 Å². The van der Waals surface area contributed by atoms with Gasteiger partial charge >= 0.3 is 0 Å². The third kappa shape index (κ3) is 2.80. The molecule has 5 rings (SSSR count). The fourth-order valence-electron chi connectivity index (χ4n) is 4.71. The Labute approximate surface area is 177 Å². The molecule has 2 fully saturated rings. The molecule has 2 bridgehead atoms. The molecule has 0 spiro atoms. The van der Waals surface area contributed by atoms with Crippen LogP contribution in [0.4, 0.5) is 11.4 Å². The van der Waals surface area contributed by atoms with E-state index in [4.69, 9.17) is 23.2 Å². The van der Waals surface area contributed by atoms with Crippen LogP contribution in [-0.4, -0.2) is 17.7 Å². The predicted octanol–water partition coefficient (Wildman–Crippen LogP) is 4.56. The van der Waals surface area contributed by atoms with Crippen molar-refractivity contribution >= 4 is 52.3 Å². The number of benzene rings is 2. The van der Waals surface area contributed by atoms with Crippen molar-refractivity contribution in [2.45, 2.75) is 6.42 Å². The predicted molar refractivity (Wildman–Crippen MR) is 111 cm³/mol. The molecule has 0 radical (unpaired) electrons. The molecule has 0 aromatic heterocycles. The van der Waals surface area contributed by atoms with Crippen molar-refractivity contribution in [3.8, 4) is 0 Å². The number of amides is 3. The highest BCUT2D eigenvalue weighted by atomic mass is 35.5. The first-order valence-corrected chi connectivity index (χ1v) is 10.1. The number of fused-ring (bicyclic) bond motifs is 5. The van der Waals surface area contributed by atoms with Crippen molar-refractivity contribution < 1.29 is 14.4 Å². The number of nitrogens with zero attached hydrogens (tertiary/aromatic N) is 1. The number of anilines is 2. The minimum atomic E-state index is -0.362. The lowest BCUT2D eigenvalue weighted by molar-refractivity contribution is -0.123. The van der Waals surface area contributed by atoms with Gasteiger partial charge in [-0.25, -0.2) is 0 Å². The van der Waals surface area contributed by atoms with Crippen LogP contribution < -0.4 is 10.2 Å². The Bertz CT molecular complexity index is 1050. The fraction of sp³-hybridized carbons (Fsp3) is 0.227. The van der Waals surface area contributed by atoms with Gasteiger partial charge in [-0.3, -0.25) is 19.3 Å². The van der Waals surface area contributed by atoms with E-state index >= 15 is 0 Å². The monoisotopic (exact) mass is 426 g/mol. The molecule has 1 N–H and O–H groups in total. The number of halogens is 2. The maximum Gasteiger partial charge on any atom is 0.255 e. The summed E-state index contributed by atoms with van der Waals surface area (Å²) in [5.41, 5.74) is 1.28. The normalized spacial score (nSPS) is 26.9. The lowest BCUT2D eigenvalue weighted by Crippen LogP contribution is -2.32. The van der Waals surface area contributed by atoms with Crippen molar-refractivity contribution in [2.24, 2.45) is 23.7 Å². The number of hydrogen-bond acceptors (Lipinski definition) is 3. The standard InChI is InChI=1S/C22H16Cl2N2O3/c23-15-2-1-3-16(19(15)24)25-20(27)11-6-8-14(9-7-11)26-21(28)17-12-4-5-13(10-12)18(17)22(26)29/h1-9,12-13,17-18H,10H2,(H,25,27)/t12-,13-,17+,18+/m0/s1. The van der Waals surface area contributed by atoms with Crippen molar-refractivity contribution in [3.63, 3.8) is 0 Å². The molecule has 0 unspecified atom stereocenters. The van der Waals surface area contributed by atoms with Crippen LogP contribution in [0.5, 0.6) is 0 Å². The van der Waals surface area contributed by atoms with Crippen LogP contribution in [-0.2, 0) is 9.59 Å². The van der Waals surface area contributed by atoms with E-state index < -0.39 is 0 Å². The van der Waals surface area contributed by atoms with Crippen molar-refractivity contribution in [3.05, 3.63) is 70.2 Å². The topological polar surface area (TPSA) is 66.5 Å². The highest BCUT2D eigenvalue weighted by Gasteiger charge is 2.59. The molecule has 29 heavy (non-hydrogen) atoms. The van der Waals surface area contributed by atoms with E-state index in [1.807, 2.05) is 0 Å². The Morgan fingerprint density at radius 3 is 2.17 bits per heavy atom. The van der Waals surface area contributed by atoms with Gasteiger partial charge in [0.05, 0.1) is 33.3 Å². The highest BCUT2D eigenvalue weighted by Crippen LogP contribution is 2.53. The molecule has 1 heterocycles. The van der Waals surface area contributed by atoms with Gasteiger partial charge in [-0.2, -0.15) is 0 Å². The molecule has 2 aliphatic carbocycles. The summed E-state index contributed by atoms with van der Waals surface area (Å²) in [6.45, 7) is 0. The molecular weight excluding hydrogens is 411 g/mol. The van der Waals surface area contributed by atoms with Gasteiger partial charge < -0.3 is 5.32 Å². The molecule has 3 aliphatic rings. The van der Waals surface area contributed by atoms with Crippen molar-refractivity contribution in [1.29, 1.82) is 0 Å². The number of hydrogen-bond donors (Lipinski definition) is 1. The lowest BCUT2D eigenvalue weighted by Gasteiger charge is -2.17. The number of nitrogens with one attached hydrogen (secondary N) is 1. The number of allylic oxidation sites excluding steroid dienone is 2. The van der Waals surface area contributed by atoms with Gasteiger partial charge in [-0.15, -0.1) is 0 Å². The summed E-state index contributed by atoms with van der Waals surface area (Å²) in [5, 5.41) is 3.33. The summed E-state index contributed by atoms with van der Waals surface area (Å²) >= 11 is 12.1. The number of carbonyl (C=O) groups is 3. The Balaban J connectivity index is 1.36. The first kappa shape index (κ1) is 18.4. The summed E-state index contributed by atoms with van der Waals surface area (Å²) in [6, 6.07) is 11.4. The first-order chi connectivity index (χ1) is 14.0. The van der Waals surface area contributed by atoms with E-state index in [1.165, 1.54) is 4.90 Å². The lowest BCUT2D eigenvalue weighted by atomic mass is 9.85. The zero-order valence-corrected chi connectivity index (χ0v) is 16.7. The SMILES string of the molecule is O=C(Nc1cccc(Cl)c1Cl)c1ccc(N2C(=O)[C@H]3[C@H](C2=O)[C@H]2C=C[C@H]3C2)cc1. The average Bonchev–Trinajstić information content (AvgIpc) is 3.39. The minimum absolute atomic E-state index is 0.139. The van der Waals surface area contributed by atoms with E-state index in [-0.39, 0.29) is 46.4 Å². The largest absolute Gasteiger partial charge is 0.321 e. The molecule has 4 atom stereocenters. The summed E-state index contributed by atoms with van der Waals surface area (Å²) < 4.78 is 0. The van der Waals surface area contributed by atoms with Gasteiger partial charge in [-0.1, -0.05) is 41.4 Å². The Morgan fingerprint density at radius 2 is 1.55 bits per heavy atom. The van der Waals surface area contributed by atoms with Crippen LogP contribution in [0.3, 0.4) is 0 Å². The maximum absolute atomic E-state index is 12.9. The zero-order chi connectivity index (χ0) is 20.3. The fourth-order valence-corrected chi connectivity index (χ4v) is 5.06. The molecule has 1 saturated heterocycles. The Hall–Kier alpha value is -2.63. The quantitative estimate of drug-likeness (QED) is 0.577. The van der Waals surface area contributed by atoms with E-state index in [0.717, 1.165) is 6.42 Å². The van der Waals surface area contributed by atoms with Crippen LogP contribution in [0, 0.1) is 23.7 Å². The maximum atomic E-state index is 12.9. The van der Waals surface area contributed by atoms with Crippen LogP contribution in [0.1, 0.15) is 16.8 Å². The molecule has 146 valence electrons. The second-order valence-corrected chi connectivity index (χ2v) is 8.40. The van der Waals surface area contributed by atoms with Gasteiger partial charge in [0.2, 0.25) is 11.8 Å².